The highest BCUT2D eigenvalue weighted by atomic mass is 35.5. The number of hydrogen-bond acceptors (Lipinski definition) is 7. The van der Waals surface area contributed by atoms with Crippen LogP contribution in [0.2, 0.25) is 10.2 Å². The van der Waals surface area contributed by atoms with Gasteiger partial charge in [0, 0.05) is 24.7 Å². The molecule has 0 saturated carbocycles. The maximum Gasteiger partial charge on any atom is 0.302 e. The minimum Gasteiger partial charge on any atom is -0.382 e. The predicted molar refractivity (Wildman–Crippen MR) is 131 cm³/mol. The summed E-state index contributed by atoms with van der Waals surface area (Å²) in [5.74, 6) is -0.690. The van der Waals surface area contributed by atoms with E-state index in [-0.39, 0.29) is 34.2 Å². The Morgan fingerprint density at radius 2 is 1.91 bits per heavy atom. The number of hydrogen-bond donors (Lipinski definition) is 4. The number of piperidine rings is 1. The fraction of sp³-hybridized carbons (Fsp3) is 0.400. The highest BCUT2D eigenvalue weighted by molar-refractivity contribution is 7.89. The Bertz CT molecular complexity index is 1250. The van der Waals surface area contributed by atoms with Crippen molar-refractivity contribution in [2.24, 2.45) is 4.99 Å². The molecule has 0 bridgehead atoms. The van der Waals surface area contributed by atoms with Crippen LogP contribution in [0.3, 0.4) is 0 Å². The van der Waals surface area contributed by atoms with Gasteiger partial charge in [0.25, 0.3) is 0 Å². The van der Waals surface area contributed by atoms with Gasteiger partial charge in [0.05, 0.1) is 11.3 Å². The number of aliphatic imine (C=N–C) groups is 1. The molecule has 2 fully saturated rings. The third-order valence-corrected chi connectivity index (χ3v) is 8.29. The van der Waals surface area contributed by atoms with Crippen molar-refractivity contribution in [3.63, 3.8) is 0 Å². The van der Waals surface area contributed by atoms with Gasteiger partial charge in [-0.05, 0) is 37.0 Å². The van der Waals surface area contributed by atoms with Gasteiger partial charge in [0.1, 0.15) is 0 Å². The first-order valence-corrected chi connectivity index (χ1v) is 12.9. The van der Waals surface area contributed by atoms with Crippen molar-refractivity contribution in [2.75, 3.05) is 36.9 Å². The molecule has 0 radical (unpaired) electrons. The van der Waals surface area contributed by atoms with Crippen LogP contribution in [-0.2, 0) is 16.4 Å². The van der Waals surface area contributed by atoms with Gasteiger partial charge >= 0.3 is 5.91 Å². The van der Waals surface area contributed by atoms with Crippen LogP contribution in [0.5, 0.6) is 0 Å². The summed E-state index contributed by atoms with van der Waals surface area (Å²) in [6.07, 6.45) is 1.50. The number of anilines is 2. The van der Waals surface area contributed by atoms with Crippen LogP contribution in [0.15, 0.2) is 29.3 Å². The number of nitrogen functional groups attached to an aromatic ring is 2. The second-order valence-electron chi connectivity index (χ2n) is 8.25. The van der Waals surface area contributed by atoms with Crippen molar-refractivity contribution >= 4 is 56.7 Å². The van der Waals surface area contributed by atoms with Gasteiger partial charge in [-0.3, -0.25) is 4.79 Å². The van der Waals surface area contributed by atoms with Gasteiger partial charge in [-0.25, -0.2) is 22.7 Å². The fourth-order valence-corrected chi connectivity index (χ4v) is 5.81. The van der Waals surface area contributed by atoms with Gasteiger partial charge in [-0.1, -0.05) is 35.3 Å². The molecule has 4 rings (SSSR count). The van der Waals surface area contributed by atoms with E-state index in [1.807, 2.05) is 6.07 Å². The number of carbonyl (C=O) groups is 1. The Labute approximate surface area is 207 Å². The lowest BCUT2D eigenvalue weighted by atomic mass is 9.90. The maximum atomic E-state index is 12.8. The van der Waals surface area contributed by atoms with Gasteiger partial charge in [-0.15, -0.1) is 0 Å². The summed E-state index contributed by atoms with van der Waals surface area (Å²) in [4.78, 5) is 24.1. The standard InChI is InChI=1S/C20H24Cl2N8O3S/c21-13-3-1-2-12(10-13)4-9-34(32,33)30-7-5-20(6-8-30)11-25-19(29-20)28-18(31)14-16(23)27-17(24)15(22)26-14/h1-3,10H,4-9,11H2,(H4,23,24,27)(H2,25,28,29,31). The highest BCUT2D eigenvalue weighted by Gasteiger charge is 2.42. The van der Waals surface area contributed by atoms with E-state index >= 15 is 0 Å². The van der Waals surface area contributed by atoms with Crippen LogP contribution in [0.4, 0.5) is 11.6 Å². The van der Waals surface area contributed by atoms with Crippen LogP contribution in [0.25, 0.3) is 0 Å². The van der Waals surface area contributed by atoms with Crippen molar-refractivity contribution in [1.29, 1.82) is 0 Å². The third kappa shape index (κ3) is 5.35. The monoisotopic (exact) mass is 526 g/mol. The molecular weight excluding hydrogens is 503 g/mol. The number of benzene rings is 1. The van der Waals surface area contributed by atoms with E-state index in [1.54, 1.807) is 18.2 Å². The molecule has 0 atom stereocenters. The van der Waals surface area contributed by atoms with Gasteiger partial charge < -0.3 is 22.1 Å². The molecule has 6 N–H and O–H groups in total. The van der Waals surface area contributed by atoms with Crippen molar-refractivity contribution in [1.82, 2.24) is 24.9 Å². The van der Waals surface area contributed by atoms with Crippen LogP contribution in [0, 0.1) is 0 Å². The van der Waals surface area contributed by atoms with E-state index in [4.69, 9.17) is 34.7 Å². The maximum absolute atomic E-state index is 12.8. The van der Waals surface area contributed by atoms with Gasteiger partial charge in [0.2, 0.25) is 10.0 Å². The van der Waals surface area contributed by atoms with Gasteiger partial charge in [0.15, 0.2) is 28.4 Å². The number of sulfonamides is 1. The van der Waals surface area contributed by atoms with E-state index in [1.165, 1.54) is 4.31 Å². The van der Waals surface area contributed by atoms with Crippen molar-refractivity contribution in [2.45, 2.75) is 24.8 Å². The zero-order valence-corrected chi connectivity index (χ0v) is 20.4. The molecule has 1 spiro atoms. The lowest BCUT2D eigenvalue weighted by Gasteiger charge is -2.38. The zero-order valence-electron chi connectivity index (χ0n) is 18.1. The van der Waals surface area contributed by atoms with Gasteiger partial charge in [-0.2, -0.15) is 4.99 Å². The molecule has 2 aliphatic rings. The number of aryl methyl sites for hydroxylation is 1. The first-order valence-electron chi connectivity index (χ1n) is 10.5. The molecule has 2 aromatic rings. The Kier molecular flexibility index (Phi) is 6.85. The van der Waals surface area contributed by atoms with E-state index in [0.717, 1.165) is 5.56 Å². The van der Waals surface area contributed by atoms with Crippen molar-refractivity contribution in [3.05, 3.63) is 45.7 Å². The lowest BCUT2D eigenvalue weighted by molar-refractivity contribution is 0.0998. The number of carbonyl (C=O) groups excluding carboxylic acids is 1. The molecule has 1 aromatic carbocycles. The molecule has 3 heterocycles. The summed E-state index contributed by atoms with van der Waals surface area (Å²) in [7, 11) is -3.42. The van der Waals surface area contributed by atoms with E-state index < -0.39 is 21.5 Å². The fourth-order valence-electron chi connectivity index (χ4n) is 3.98. The molecule has 2 aliphatic heterocycles. The molecule has 2 saturated heterocycles. The minimum absolute atomic E-state index is 0.0137. The molecular formula is C20H24Cl2N8O3S. The summed E-state index contributed by atoms with van der Waals surface area (Å²) in [6, 6.07) is 7.20. The van der Waals surface area contributed by atoms with Crippen LogP contribution in [-0.4, -0.2) is 65.5 Å². The van der Waals surface area contributed by atoms with E-state index in [9.17, 15) is 13.2 Å². The number of nitrogens with zero attached hydrogens (tertiary/aromatic N) is 4. The normalized spacial score (nSPS) is 19.2. The SMILES string of the molecule is Nc1nc(N)c(C(=O)/N=C2\NCC3(CCN(S(=O)(=O)CCc4cccc(Cl)c4)CC3)N2)nc1Cl. The lowest BCUT2D eigenvalue weighted by Crippen LogP contribution is -2.54. The average Bonchev–Trinajstić information content (AvgIpc) is 3.17. The number of rotatable bonds is 5. The van der Waals surface area contributed by atoms with E-state index in [2.05, 4.69) is 25.6 Å². The molecule has 0 unspecified atom stereocenters. The first kappa shape index (κ1) is 24.5. The number of aromatic nitrogens is 2. The number of nitrogens with one attached hydrogen (secondary N) is 2. The van der Waals surface area contributed by atoms with Crippen molar-refractivity contribution in [3.8, 4) is 0 Å². The predicted octanol–water partition coefficient (Wildman–Crippen LogP) is 1.04. The van der Waals surface area contributed by atoms with Crippen molar-refractivity contribution < 1.29 is 13.2 Å². The quantitative estimate of drug-likeness (QED) is 0.444. The Morgan fingerprint density at radius 1 is 1.18 bits per heavy atom. The first-order chi connectivity index (χ1) is 16.1. The number of amides is 1. The molecule has 1 amide bonds. The Morgan fingerprint density at radius 3 is 2.62 bits per heavy atom. The summed E-state index contributed by atoms with van der Waals surface area (Å²) in [6.45, 7) is 1.22. The molecule has 11 nitrogen and oxygen atoms in total. The van der Waals surface area contributed by atoms with Crippen LogP contribution >= 0.6 is 23.2 Å². The second kappa shape index (κ2) is 9.53. The number of halogens is 2. The molecule has 34 heavy (non-hydrogen) atoms. The molecule has 0 aliphatic carbocycles. The average molecular weight is 527 g/mol. The number of guanidine groups is 1. The molecule has 182 valence electrons. The summed E-state index contributed by atoms with van der Waals surface area (Å²) >= 11 is 11.8. The largest absolute Gasteiger partial charge is 0.382 e. The minimum atomic E-state index is -3.42. The molecule has 14 heteroatoms. The Balaban J connectivity index is 1.35. The Hall–Kier alpha value is -2.67. The van der Waals surface area contributed by atoms with E-state index in [0.29, 0.717) is 43.9 Å². The third-order valence-electron chi connectivity index (χ3n) is 5.91. The smallest absolute Gasteiger partial charge is 0.302 e. The summed E-state index contributed by atoms with van der Waals surface area (Å²) < 4.78 is 27.2. The second-order valence-corrected chi connectivity index (χ2v) is 11.1. The summed E-state index contributed by atoms with van der Waals surface area (Å²) in [5.41, 5.74) is 11.5. The van der Waals surface area contributed by atoms with Crippen LogP contribution < -0.4 is 22.1 Å². The number of nitrogens with two attached hydrogens (primary N) is 2. The van der Waals surface area contributed by atoms with Crippen LogP contribution in [0.1, 0.15) is 28.9 Å². The molecule has 1 aromatic heterocycles. The summed E-state index contributed by atoms with van der Waals surface area (Å²) in [5, 5.41) is 6.73. The topological polar surface area (TPSA) is 169 Å². The zero-order chi connectivity index (χ0) is 24.5. The highest BCUT2D eigenvalue weighted by Crippen LogP contribution is 2.27.